The summed E-state index contributed by atoms with van der Waals surface area (Å²) in [5.74, 6) is -1.54. The van der Waals surface area contributed by atoms with Gasteiger partial charge in [-0.05, 0) is 11.6 Å². The van der Waals surface area contributed by atoms with Crippen LogP contribution in [-0.4, -0.2) is 33.0 Å². The lowest BCUT2D eigenvalue weighted by Crippen LogP contribution is -2.25. The number of hydrogen-bond donors (Lipinski definition) is 1. The summed E-state index contributed by atoms with van der Waals surface area (Å²) in [7, 11) is 1.97. The average Bonchev–Trinajstić information content (AvgIpc) is 2.93. The molecule has 1 amide bonds. The molecular formula is C15H16N2O3. The van der Waals surface area contributed by atoms with Crippen molar-refractivity contribution in [1.29, 1.82) is 0 Å². The highest BCUT2D eigenvalue weighted by atomic mass is 16.4. The number of carboxylic acids is 1. The van der Waals surface area contributed by atoms with E-state index in [4.69, 9.17) is 5.11 Å². The highest BCUT2D eigenvalue weighted by Gasteiger charge is 2.34. The van der Waals surface area contributed by atoms with E-state index in [1.54, 1.807) is 4.90 Å². The van der Waals surface area contributed by atoms with Crippen molar-refractivity contribution in [3.63, 3.8) is 0 Å². The van der Waals surface area contributed by atoms with Gasteiger partial charge in [-0.25, -0.2) is 0 Å². The zero-order chi connectivity index (χ0) is 14.3. The van der Waals surface area contributed by atoms with E-state index in [1.165, 1.54) is 0 Å². The Balaban J connectivity index is 1.87. The van der Waals surface area contributed by atoms with E-state index in [9.17, 15) is 9.59 Å². The van der Waals surface area contributed by atoms with Gasteiger partial charge >= 0.3 is 5.97 Å². The third-order valence-electron chi connectivity index (χ3n) is 3.90. The molecule has 1 aromatic heterocycles. The number of carboxylic acid groups (broad SMARTS) is 1. The van der Waals surface area contributed by atoms with Crippen LogP contribution in [0.3, 0.4) is 0 Å². The van der Waals surface area contributed by atoms with Gasteiger partial charge in [0.15, 0.2) is 0 Å². The average molecular weight is 272 g/mol. The predicted octanol–water partition coefficient (Wildman–Crippen LogP) is 1.61. The number of rotatable bonds is 3. The van der Waals surface area contributed by atoms with Crippen LogP contribution in [-0.2, 0) is 23.2 Å². The van der Waals surface area contributed by atoms with Crippen LogP contribution < -0.4 is 0 Å². The van der Waals surface area contributed by atoms with Crippen LogP contribution in [0.4, 0.5) is 0 Å². The first-order valence-corrected chi connectivity index (χ1v) is 6.60. The zero-order valence-corrected chi connectivity index (χ0v) is 11.2. The summed E-state index contributed by atoms with van der Waals surface area (Å²) in [6.45, 7) is 0.779. The third kappa shape index (κ3) is 2.05. The molecule has 2 heterocycles. The van der Waals surface area contributed by atoms with Crippen LogP contribution in [0.5, 0.6) is 0 Å². The molecule has 0 aliphatic carbocycles. The number of likely N-dealkylation sites (tertiary alicyclic amines) is 1. The molecule has 1 aliphatic heterocycles. The summed E-state index contributed by atoms with van der Waals surface area (Å²) in [6, 6.07) is 8.01. The van der Waals surface area contributed by atoms with Gasteiger partial charge < -0.3 is 14.6 Å². The minimum absolute atomic E-state index is 0.0784. The summed E-state index contributed by atoms with van der Waals surface area (Å²) in [4.78, 5) is 24.5. The van der Waals surface area contributed by atoms with Crippen molar-refractivity contribution in [2.75, 3.05) is 6.54 Å². The highest BCUT2D eigenvalue weighted by molar-refractivity contribution is 5.87. The van der Waals surface area contributed by atoms with E-state index >= 15 is 0 Å². The maximum Gasteiger partial charge on any atom is 0.308 e. The fourth-order valence-corrected chi connectivity index (χ4v) is 2.85. The van der Waals surface area contributed by atoms with Crippen LogP contribution >= 0.6 is 0 Å². The largest absolute Gasteiger partial charge is 0.481 e. The van der Waals surface area contributed by atoms with E-state index in [2.05, 4.69) is 0 Å². The molecule has 0 spiro atoms. The molecule has 0 radical (unpaired) electrons. The monoisotopic (exact) mass is 272 g/mol. The molecule has 3 rings (SSSR count). The molecule has 5 nitrogen and oxygen atoms in total. The maximum atomic E-state index is 11.9. The van der Waals surface area contributed by atoms with E-state index < -0.39 is 11.9 Å². The van der Waals surface area contributed by atoms with Crippen molar-refractivity contribution < 1.29 is 14.7 Å². The molecule has 1 atom stereocenters. The summed E-state index contributed by atoms with van der Waals surface area (Å²) in [5, 5.41) is 10.1. The van der Waals surface area contributed by atoms with Crippen LogP contribution in [0, 0.1) is 5.92 Å². The van der Waals surface area contributed by atoms with Crippen molar-refractivity contribution in [1.82, 2.24) is 9.47 Å². The first kappa shape index (κ1) is 12.7. The molecule has 104 valence electrons. The van der Waals surface area contributed by atoms with Crippen molar-refractivity contribution in [2.45, 2.75) is 13.0 Å². The molecule has 1 fully saturated rings. The Kier molecular flexibility index (Phi) is 2.97. The lowest BCUT2D eigenvalue weighted by molar-refractivity contribution is -0.141. The SMILES string of the molecule is Cn1cc(CN2CC(C(=O)O)CC2=O)c2ccccc21. The van der Waals surface area contributed by atoms with Crippen molar-refractivity contribution in [3.05, 3.63) is 36.0 Å². The maximum absolute atomic E-state index is 11.9. The molecule has 20 heavy (non-hydrogen) atoms. The number of aryl methyl sites for hydroxylation is 1. The first-order valence-electron chi connectivity index (χ1n) is 6.60. The standard InChI is InChI=1S/C15H16N2O3/c1-16-7-11(12-4-2-3-5-13(12)16)9-17-8-10(15(19)20)6-14(17)18/h2-5,7,10H,6,8-9H2,1H3,(H,19,20). The lowest BCUT2D eigenvalue weighted by Gasteiger charge is -2.15. The molecule has 0 saturated carbocycles. The normalized spacial score (nSPS) is 18.9. The van der Waals surface area contributed by atoms with Gasteiger partial charge in [0.25, 0.3) is 0 Å². The van der Waals surface area contributed by atoms with Gasteiger partial charge in [0.1, 0.15) is 0 Å². The molecule has 1 N–H and O–H groups in total. The van der Waals surface area contributed by atoms with Crippen LogP contribution in [0.25, 0.3) is 10.9 Å². The molecule has 1 saturated heterocycles. The van der Waals surface area contributed by atoms with Crippen LogP contribution in [0.2, 0.25) is 0 Å². The number of carbonyl (C=O) groups excluding carboxylic acids is 1. The Bertz CT molecular complexity index is 689. The van der Waals surface area contributed by atoms with Gasteiger partial charge in [-0.15, -0.1) is 0 Å². The quantitative estimate of drug-likeness (QED) is 0.923. The molecule has 1 aliphatic rings. The van der Waals surface area contributed by atoms with Gasteiger partial charge in [-0.2, -0.15) is 0 Å². The van der Waals surface area contributed by atoms with Gasteiger partial charge in [0, 0.05) is 43.7 Å². The van der Waals surface area contributed by atoms with Gasteiger partial charge in [0.2, 0.25) is 5.91 Å². The van der Waals surface area contributed by atoms with Crippen molar-refractivity contribution in [2.24, 2.45) is 13.0 Å². The number of aliphatic carboxylic acids is 1. The van der Waals surface area contributed by atoms with E-state index in [-0.39, 0.29) is 12.3 Å². The van der Waals surface area contributed by atoms with E-state index in [0.29, 0.717) is 13.1 Å². The fourth-order valence-electron chi connectivity index (χ4n) is 2.85. The number of hydrogen-bond acceptors (Lipinski definition) is 2. The second-order valence-corrected chi connectivity index (χ2v) is 5.30. The number of fused-ring (bicyclic) bond motifs is 1. The lowest BCUT2D eigenvalue weighted by atomic mass is 10.1. The fraction of sp³-hybridized carbons (Fsp3) is 0.333. The Labute approximate surface area is 116 Å². The van der Waals surface area contributed by atoms with Gasteiger partial charge in [0.05, 0.1) is 5.92 Å². The van der Waals surface area contributed by atoms with Crippen molar-refractivity contribution >= 4 is 22.8 Å². The Morgan fingerprint density at radius 3 is 2.85 bits per heavy atom. The van der Waals surface area contributed by atoms with Gasteiger partial charge in [-0.1, -0.05) is 18.2 Å². The number of aromatic nitrogens is 1. The zero-order valence-electron chi connectivity index (χ0n) is 11.2. The molecule has 1 aromatic carbocycles. The first-order chi connectivity index (χ1) is 9.56. The van der Waals surface area contributed by atoms with E-state index in [0.717, 1.165) is 16.5 Å². The minimum Gasteiger partial charge on any atom is -0.481 e. The third-order valence-corrected chi connectivity index (χ3v) is 3.90. The molecule has 1 unspecified atom stereocenters. The second kappa shape index (κ2) is 4.67. The highest BCUT2D eigenvalue weighted by Crippen LogP contribution is 2.25. The van der Waals surface area contributed by atoms with Gasteiger partial charge in [-0.3, -0.25) is 9.59 Å². The number of benzene rings is 1. The Morgan fingerprint density at radius 1 is 1.40 bits per heavy atom. The minimum atomic E-state index is -0.890. The smallest absolute Gasteiger partial charge is 0.308 e. The number of carbonyl (C=O) groups is 2. The summed E-state index contributed by atoms with van der Waals surface area (Å²) >= 11 is 0. The second-order valence-electron chi connectivity index (χ2n) is 5.30. The van der Waals surface area contributed by atoms with Crippen LogP contribution in [0.1, 0.15) is 12.0 Å². The Morgan fingerprint density at radius 2 is 2.15 bits per heavy atom. The van der Waals surface area contributed by atoms with Crippen LogP contribution in [0.15, 0.2) is 30.5 Å². The molecule has 5 heteroatoms. The summed E-state index contributed by atoms with van der Waals surface area (Å²) in [6.07, 6.45) is 2.12. The molecular weight excluding hydrogens is 256 g/mol. The molecule has 0 bridgehead atoms. The topological polar surface area (TPSA) is 62.5 Å². The van der Waals surface area contributed by atoms with Crippen molar-refractivity contribution in [3.8, 4) is 0 Å². The Hall–Kier alpha value is -2.30. The number of nitrogens with zero attached hydrogens (tertiary/aromatic N) is 2. The number of para-hydroxylation sites is 1. The predicted molar refractivity (Wildman–Crippen MR) is 74.1 cm³/mol. The molecule has 2 aromatic rings. The summed E-state index contributed by atoms with van der Waals surface area (Å²) in [5.41, 5.74) is 2.17. The summed E-state index contributed by atoms with van der Waals surface area (Å²) < 4.78 is 2.03. The number of amides is 1. The van der Waals surface area contributed by atoms with E-state index in [1.807, 2.05) is 42.1 Å².